The standard InChI is InChI=1S/C32H50N4/c1-21(2)34-30(35-22(3)4)36-27-19-28(33-20-27)29(23-11-15-25(16-12-23)31(5,6)7)24-13-17-26(18-14-24)32(8,9)10/h11-18,21-22,27-29,33H,19-20H2,1-10H3,(H2,34,35,36). The van der Waals surface area contributed by atoms with Gasteiger partial charge < -0.3 is 16.0 Å². The summed E-state index contributed by atoms with van der Waals surface area (Å²) in [5.41, 5.74) is 5.79. The molecule has 1 heterocycles. The molecule has 3 N–H and O–H groups in total. The Morgan fingerprint density at radius 1 is 0.750 bits per heavy atom. The summed E-state index contributed by atoms with van der Waals surface area (Å²) in [6, 6.07) is 19.9. The maximum absolute atomic E-state index is 5.10. The van der Waals surface area contributed by atoms with Crippen LogP contribution in [0.2, 0.25) is 0 Å². The number of nitrogens with zero attached hydrogens (tertiary/aromatic N) is 1. The molecule has 0 saturated carbocycles. The molecule has 0 amide bonds. The van der Waals surface area contributed by atoms with Gasteiger partial charge in [-0.3, -0.25) is 0 Å². The molecule has 0 radical (unpaired) electrons. The van der Waals surface area contributed by atoms with E-state index in [1.807, 2.05) is 0 Å². The molecule has 1 aliphatic rings. The third-order valence-electron chi connectivity index (χ3n) is 6.98. The average Bonchev–Trinajstić information content (AvgIpc) is 3.20. The zero-order valence-corrected chi connectivity index (χ0v) is 24.4. The molecule has 0 aromatic heterocycles. The number of hydrogen-bond acceptors (Lipinski definition) is 2. The average molecular weight is 491 g/mol. The molecule has 2 unspecified atom stereocenters. The fourth-order valence-electron chi connectivity index (χ4n) is 4.98. The normalized spacial score (nSPS) is 18.7. The lowest BCUT2D eigenvalue weighted by molar-refractivity contribution is 0.533. The van der Waals surface area contributed by atoms with Gasteiger partial charge in [-0.05, 0) is 67.2 Å². The minimum absolute atomic E-state index is 0.150. The van der Waals surface area contributed by atoms with Gasteiger partial charge in [-0.15, -0.1) is 0 Å². The maximum Gasteiger partial charge on any atom is 0.191 e. The number of rotatable bonds is 6. The lowest BCUT2D eigenvalue weighted by Crippen LogP contribution is -2.44. The highest BCUT2D eigenvalue weighted by Crippen LogP contribution is 2.35. The monoisotopic (exact) mass is 490 g/mol. The van der Waals surface area contributed by atoms with Crippen molar-refractivity contribution in [2.24, 2.45) is 4.99 Å². The van der Waals surface area contributed by atoms with E-state index < -0.39 is 0 Å². The molecule has 198 valence electrons. The minimum atomic E-state index is 0.150. The molecule has 1 saturated heterocycles. The summed E-state index contributed by atoms with van der Waals surface area (Å²) in [4.78, 5) is 5.10. The van der Waals surface area contributed by atoms with Crippen LogP contribution < -0.4 is 16.0 Å². The molecule has 1 aliphatic heterocycles. The number of hydrogen-bond donors (Lipinski definition) is 3. The molecule has 2 atom stereocenters. The van der Waals surface area contributed by atoms with Crippen LogP contribution in [0.5, 0.6) is 0 Å². The van der Waals surface area contributed by atoms with Crippen LogP contribution in [0.3, 0.4) is 0 Å². The highest BCUT2D eigenvalue weighted by molar-refractivity contribution is 5.80. The molecule has 0 spiro atoms. The quantitative estimate of drug-likeness (QED) is 0.320. The van der Waals surface area contributed by atoms with E-state index in [0.717, 1.165) is 18.9 Å². The highest BCUT2D eigenvalue weighted by Gasteiger charge is 2.33. The number of nitrogens with one attached hydrogen (secondary N) is 3. The Morgan fingerprint density at radius 2 is 1.17 bits per heavy atom. The third kappa shape index (κ3) is 7.59. The van der Waals surface area contributed by atoms with Crippen LogP contribution in [0, 0.1) is 0 Å². The van der Waals surface area contributed by atoms with Crippen molar-refractivity contribution in [3.8, 4) is 0 Å². The van der Waals surface area contributed by atoms with Crippen LogP contribution >= 0.6 is 0 Å². The van der Waals surface area contributed by atoms with Gasteiger partial charge in [0.25, 0.3) is 0 Å². The van der Waals surface area contributed by atoms with Crippen molar-refractivity contribution >= 4 is 5.96 Å². The molecule has 4 nitrogen and oxygen atoms in total. The summed E-state index contributed by atoms with van der Waals surface area (Å²) < 4.78 is 0. The summed E-state index contributed by atoms with van der Waals surface area (Å²) >= 11 is 0. The van der Waals surface area contributed by atoms with Gasteiger partial charge in [0.05, 0.1) is 6.04 Å². The van der Waals surface area contributed by atoms with Crippen molar-refractivity contribution in [2.75, 3.05) is 6.54 Å². The zero-order valence-electron chi connectivity index (χ0n) is 24.4. The van der Waals surface area contributed by atoms with E-state index in [1.165, 1.54) is 22.3 Å². The molecule has 1 fully saturated rings. The third-order valence-corrected chi connectivity index (χ3v) is 6.98. The topological polar surface area (TPSA) is 48.5 Å². The van der Waals surface area contributed by atoms with E-state index in [0.29, 0.717) is 18.1 Å². The second kappa shape index (κ2) is 11.4. The lowest BCUT2D eigenvalue weighted by Gasteiger charge is -2.27. The van der Waals surface area contributed by atoms with Crippen LogP contribution in [0.1, 0.15) is 104 Å². The fourth-order valence-corrected chi connectivity index (χ4v) is 4.98. The highest BCUT2D eigenvalue weighted by atomic mass is 15.2. The van der Waals surface area contributed by atoms with Crippen molar-refractivity contribution < 1.29 is 0 Å². The van der Waals surface area contributed by atoms with Gasteiger partial charge in [0.2, 0.25) is 0 Å². The smallest absolute Gasteiger partial charge is 0.191 e. The lowest BCUT2D eigenvalue weighted by atomic mass is 9.80. The van der Waals surface area contributed by atoms with E-state index in [9.17, 15) is 0 Å². The molecule has 2 aromatic rings. The maximum atomic E-state index is 5.10. The summed E-state index contributed by atoms with van der Waals surface area (Å²) in [6.45, 7) is 23.2. The molecule has 0 aliphatic carbocycles. The van der Waals surface area contributed by atoms with Crippen molar-refractivity contribution in [1.82, 2.24) is 16.0 Å². The van der Waals surface area contributed by atoms with Crippen LogP contribution in [-0.4, -0.2) is 36.7 Å². The number of aliphatic imine (C=N–C) groups is 1. The van der Waals surface area contributed by atoms with Crippen LogP contribution in [-0.2, 0) is 10.8 Å². The first kappa shape index (κ1) is 28.2. The van der Waals surface area contributed by atoms with E-state index in [-0.39, 0.29) is 22.8 Å². The number of benzene rings is 2. The Hall–Kier alpha value is -2.33. The number of guanidine groups is 1. The Morgan fingerprint density at radius 3 is 1.53 bits per heavy atom. The predicted octanol–water partition coefficient (Wildman–Crippen LogP) is 6.50. The van der Waals surface area contributed by atoms with Crippen molar-refractivity contribution in [2.45, 2.75) is 117 Å². The largest absolute Gasteiger partial charge is 0.354 e. The predicted molar refractivity (Wildman–Crippen MR) is 156 cm³/mol. The minimum Gasteiger partial charge on any atom is -0.354 e. The zero-order chi connectivity index (χ0) is 26.7. The van der Waals surface area contributed by atoms with Gasteiger partial charge >= 0.3 is 0 Å². The van der Waals surface area contributed by atoms with Crippen LogP contribution in [0.25, 0.3) is 0 Å². The molecule has 0 bridgehead atoms. The van der Waals surface area contributed by atoms with Crippen LogP contribution in [0.15, 0.2) is 53.5 Å². The van der Waals surface area contributed by atoms with Gasteiger partial charge in [-0.25, -0.2) is 4.99 Å². The molecule has 4 heteroatoms. The van der Waals surface area contributed by atoms with E-state index in [1.54, 1.807) is 0 Å². The molecular formula is C32H50N4. The summed E-state index contributed by atoms with van der Waals surface area (Å²) in [5, 5.41) is 10.8. The Kier molecular flexibility index (Phi) is 8.93. The first-order valence-electron chi connectivity index (χ1n) is 13.8. The van der Waals surface area contributed by atoms with E-state index in [2.05, 4.69) is 134 Å². The van der Waals surface area contributed by atoms with Crippen molar-refractivity contribution in [3.05, 3.63) is 70.8 Å². The molecular weight excluding hydrogens is 440 g/mol. The first-order chi connectivity index (χ1) is 16.7. The first-order valence-corrected chi connectivity index (χ1v) is 13.8. The van der Waals surface area contributed by atoms with Gasteiger partial charge in [0, 0.05) is 30.6 Å². The Bertz CT molecular complexity index is 919. The summed E-state index contributed by atoms with van der Waals surface area (Å²) in [5.74, 6) is 1.20. The van der Waals surface area contributed by atoms with Gasteiger partial charge in [0.1, 0.15) is 0 Å². The Labute approximate surface area is 220 Å². The second-order valence-corrected chi connectivity index (χ2v) is 13.2. The van der Waals surface area contributed by atoms with Crippen LogP contribution in [0.4, 0.5) is 0 Å². The van der Waals surface area contributed by atoms with Gasteiger partial charge in [0.15, 0.2) is 5.96 Å². The van der Waals surface area contributed by atoms with E-state index in [4.69, 9.17) is 4.99 Å². The SMILES string of the molecule is CC(C)NC(=NC1CNC(C(c2ccc(C(C)(C)C)cc2)c2ccc(C(C)(C)C)cc2)C1)NC(C)C. The van der Waals surface area contributed by atoms with Gasteiger partial charge in [-0.2, -0.15) is 0 Å². The molecule has 2 aromatic carbocycles. The van der Waals surface area contributed by atoms with E-state index >= 15 is 0 Å². The van der Waals surface area contributed by atoms with Gasteiger partial charge in [-0.1, -0.05) is 90.1 Å². The second-order valence-electron chi connectivity index (χ2n) is 13.2. The molecule has 36 heavy (non-hydrogen) atoms. The fraction of sp³-hybridized carbons (Fsp3) is 0.594. The van der Waals surface area contributed by atoms with Crippen molar-refractivity contribution in [3.63, 3.8) is 0 Å². The Balaban J connectivity index is 1.92. The summed E-state index contributed by atoms with van der Waals surface area (Å²) in [7, 11) is 0. The summed E-state index contributed by atoms with van der Waals surface area (Å²) in [6.07, 6.45) is 1.01. The molecule has 3 rings (SSSR count). The van der Waals surface area contributed by atoms with Crippen molar-refractivity contribution in [1.29, 1.82) is 0 Å².